The number of anilines is 2. The largest absolute Gasteiger partial charge is 0.457 e. The van der Waals surface area contributed by atoms with Gasteiger partial charge in [0.2, 0.25) is 23.6 Å². The highest BCUT2D eigenvalue weighted by molar-refractivity contribution is 5.98. The van der Waals surface area contributed by atoms with Gasteiger partial charge in [-0.2, -0.15) is 0 Å². The van der Waals surface area contributed by atoms with E-state index in [0.717, 1.165) is 24.0 Å². The van der Waals surface area contributed by atoms with Crippen molar-refractivity contribution < 1.29 is 23.9 Å². The predicted octanol–water partition coefficient (Wildman–Crippen LogP) is 5.82. The summed E-state index contributed by atoms with van der Waals surface area (Å²) in [6.45, 7) is 1.15. The Balaban J connectivity index is 0.986. The average molecular weight is 631 g/mol. The number of amides is 4. The fourth-order valence-corrected chi connectivity index (χ4v) is 6.22. The minimum absolute atomic E-state index is 0.0439. The van der Waals surface area contributed by atoms with E-state index in [2.05, 4.69) is 10.6 Å². The summed E-state index contributed by atoms with van der Waals surface area (Å²) in [5.74, 6) is 0.681. The van der Waals surface area contributed by atoms with Gasteiger partial charge in [-0.05, 0) is 85.3 Å². The average Bonchev–Trinajstić information content (AvgIpc) is 3.79. The number of rotatable bonds is 10. The molecule has 47 heavy (non-hydrogen) atoms. The number of carbonyl (C=O) groups is 4. The van der Waals surface area contributed by atoms with Crippen molar-refractivity contribution in [2.24, 2.45) is 0 Å². The van der Waals surface area contributed by atoms with Gasteiger partial charge in [0.25, 0.3) is 0 Å². The third kappa shape index (κ3) is 8.05. The molecule has 2 saturated heterocycles. The molecule has 0 bridgehead atoms. The Morgan fingerprint density at radius 2 is 0.936 bits per heavy atom. The van der Waals surface area contributed by atoms with Crippen molar-refractivity contribution in [3.05, 3.63) is 120 Å². The zero-order chi connectivity index (χ0) is 32.6. The second-order valence-corrected chi connectivity index (χ2v) is 11.9. The molecule has 240 valence electrons. The summed E-state index contributed by atoms with van der Waals surface area (Å²) in [4.78, 5) is 55.4. The molecule has 0 aliphatic carbocycles. The van der Waals surface area contributed by atoms with Crippen LogP contribution in [-0.2, 0) is 32.0 Å². The van der Waals surface area contributed by atoms with Crippen molar-refractivity contribution in [3.63, 3.8) is 0 Å². The normalized spacial score (nSPS) is 17.3. The van der Waals surface area contributed by atoms with Gasteiger partial charge in [-0.3, -0.25) is 19.2 Å². The molecule has 2 N–H and O–H groups in total. The van der Waals surface area contributed by atoms with Gasteiger partial charge in [-0.25, -0.2) is 0 Å². The summed E-state index contributed by atoms with van der Waals surface area (Å²) in [5, 5.41) is 5.88. The topological polar surface area (TPSA) is 108 Å². The molecule has 9 heteroatoms. The van der Waals surface area contributed by atoms with Crippen LogP contribution in [0.1, 0.15) is 36.8 Å². The van der Waals surface area contributed by atoms with Gasteiger partial charge in [-0.1, -0.05) is 60.7 Å². The summed E-state index contributed by atoms with van der Waals surface area (Å²) in [7, 11) is 0. The number of ether oxygens (including phenoxy) is 1. The molecule has 4 aromatic rings. The van der Waals surface area contributed by atoms with Crippen LogP contribution in [-0.4, -0.2) is 58.6 Å². The molecule has 9 nitrogen and oxygen atoms in total. The number of nitrogens with zero attached hydrogens (tertiary/aromatic N) is 2. The van der Waals surface area contributed by atoms with Crippen LogP contribution in [0.3, 0.4) is 0 Å². The Kier molecular flexibility index (Phi) is 9.91. The summed E-state index contributed by atoms with van der Waals surface area (Å²) in [6, 6.07) is 32.2. The summed E-state index contributed by atoms with van der Waals surface area (Å²) in [5.41, 5.74) is 3.10. The van der Waals surface area contributed by atoms with Crippen LogP contribution >= 0.6 is 0 Å². The molecule has 0 saturated carbocycles. The molecule has 0 spiro atoms. The van der Waals surface area contributed by atoms with Crippen LogP contribution in [0.2, 0.25) is 0 Å². The first-order chi connectivity index (χ1) is 22.9. The maximum absolute atomic E-state index is 13.1. The van der Waals surface area contributed by atoms with Crippen LogP contribution in [0.25, 0.3) is 0 Å². The van der Waals surface area contributed by atoms with Crippen molar-refractivity contribution in [3.8, 4) is 11.5 Å². The quantitative estimate of drug-likeness (QED) is 0.230. The van der Waals surface area contributed by atoms with Gasteiger partial charge >= 0.3 is 0 Å². The van der Waals surface area contributed by atoms with E-state index in [1.807, 2.05) is 60.7 Å². The molecule has 2 fully saturated rings. The van der Waals surface area contributed by atoms with Gasteiger partial charge in [0.1, 0.15) is 23.6 Å². The highest BCUT2D eigenvalue weighted by atomic mass is 16.5. The van der Waals surface area contributed by atoms with Crippen molar-refractivity contribution in [2.45, 2.75) is 50.6 Å². The third-order valence-corrected chi connectivity index (χ3v) is 8.63. The third-order valence-electron chi connectivity index (χ3n) is 8.63. The van der Waals surface area contributed by atoms with Crippen molar-refractivity contribution in [1.29, 1.82) is 0 Å². The van der Waals surface area contributed by atoms with Gasteiger partial charge in [0.05, 0.1) is 12.8 Å². The number of nitrogens with one attached hydrogen (secondary N) is 2. The molecule has 4 amide bonds. The van der Waals surface area contributed by atoms with Crippen molar-refractivity contribution in [2.75, 3.05) is 23.7 Å². The Morgan fingerprint density at radius 1 is 0.553 bits per heavy atom. The van der Waals surface area contributed by atoms with E-state index < -0.39 is 12.1 Å². The van der Waals surface area contributed by atoms with Crippen molar-refractivity contribution in [1.82, 2.24) is 9.80 Å². The number of hydrogen-bond acceptors (Lipinski definition) is 5. The molecule has 2 aliphatic rings. The van der Waals surface area contributed by atoms with E-state index in [9.17, 15) is 19.2 Å². The van der Waals surface area contributed by atoms with E-state index in [1.165, 1.54) is 0 Å². The molecule has 4 aromatic carbocycles. The molecular formula is C38H38N4O5. The summed E-state index contributed by atoms with van der Waals surface area (Å²) in [6.07, 6.45) is 3.41. The van der Waals surface area contributed by atoms with Crippen molar-refractivity contribution >= 4 is 35.0 Å². The maximum Gasteiger partial charge on any atom is 0.247 e. The lowest BCUT2D eigenvalue weighted by Crippen LogP contribution is -2.43. The molecule has 0 aromatic heterocycles. The maximum atomic E-state index is 13.1. The first-order valence-electron chi connectivity index (χ1n) is 16.1. The monoisotopic (exact) mass is 630 g/mol. The fraction of sp³-hybridized carbons (Fsp3) is 0.263. The molecule has 2 atom stereocenters. The summed E-state index contributed by atoms with van der Waals surface area (Å²) < 4.78 is 5.98. The Labute approximate surface area is 274 Å². The minimum Gasteiger partial charge on any atom is -0.457 e. The minimum atomic E-state index is -0.493. The Hall–Kier alpha value is -5.44. The zero-order valence-electron chi connectivity index (χ0n) is 26.1. The predicted molar refractivity (Wildman–Crippen MR) is 180 cm³/mol. The number of likely N-dealkylation sites (tertiary alicyclic amines) is 2. The molecule has 0 unspecified atom stereocenters. The van der Waals surface area contributed by atoms with E-state index in [4.69, 9.17) is 4.74 Å². The second kappa shape index (κ2) is 14.8. The lowest BCUT2D eigenvalue weighted by molar-refractivity contribution is -0.136. The Bertz CT molecular complexity index is 1570. The number of carbonyl (C=O) groups excluding carboxylic acids is 4. The highest BCUT2D eigenvalue weighted by Crippen LogP contribution is 2.27. The van der Waals surface area contributed by atoms with Gasteiger partial charge < -0.3 is 25.2 Å². The second-order valence-electron chi connectivity index (χ2n) is 11.9. The first-order valence-corrected chi connectivity index (χ1v) is 16.1. The smallest absolute Gasteiger partial charge is 0.247 e. The van der Waals surface area contributed by atoms with E-state index in [-0.39, 0.29) is 36.5 Å². The van der Waals surface area contributed by atoms with E-state index >= 15 is 0 Å². The van der Waals surface area contributed by atoms with E-state index in [1.54, 1.807) is 58.3 Å². The van der Waals surface area contributed by atoms with E-state index in [0.29, 0.717) is 48.8 Å². The van der Waals surface area contributed by atoms with Gasteiger partial charge in [0, 0.05) is 24.5 Å². The molecule has 2 heterocycles. The molecule has 2 aliphatic heterocycles. The molecular weight excluding hydrogens is 592 g/mol. The van der Waals surface area contributed by atoms with Crippen LogP contribution in [0.15, 0.2) is 109 Å². The first kappa shape index (κ1) is 31.5. The highest BCUT2D eigenvalue weighted by Gasteiger charge is 2.35. The number of benzene rings is 4. The number of hydrogen-bond donors (Lipinski definition) is 2. The molecule has 6 rings (SSSR count). The fourth-order valence-electron chi connectivity index (χ4n) is 6.22. The standard InChI is InChI=1S/C38H38N4O5/c43-35(25-27-9-3-1-4-10-27)41-23-7-13-33(41)37(45)39-29-15-19-31(20-16-29)47-32-21-17-30(18-22-32)40-38(46)34-14-8-24-42(34)36(44)26-28-11-5-2-6-12-28/h1-6,9-12,15-22,33-34H,7-8,13-14,23-26H2,(H,39,45)(H,40,46)/t33-,34-/m0/s1. The lowest BCUT2D eigenvalue weighted by atomic mass is 10.1. The van der Waals surface area contributed by atoms with Gasteiger partial charge in [-0.15, -0.1) is 0 Å². The SMILES string of the molecule is O=C(Nc1ccc(Oc2ccc(NC(=O)[C@@H]3CCCN3C(=O)Cc3ccccc3)cc2)cc1)[C@@H]1CCCN1C(=O)Cc1ccccc1. The molecule has 0 radical (unpaired) electrons. The summed E-state index contributed by atoms with van der Waals surface area (Å²) >= 11 is 0. The lowest BCUT2D eigenvalue weighted by Gasteiger charge is -2.24. The van der Waals surface area contributed by atoms with Crippen LogP contribution < -0.4 is 15.4 Å². The van der Waals surface area contributed by atoms with Crippen LogP contribution in [0.5, 0.6) is 11.5 Å². The zero-order valence-corrected chi connectivity index (χ0v) is 26.1. The van der Waals surface area contributed by atoms with Crippen LogP contribution in [0.4, 0.5) is 11.4 Å². The van der Waals surface area contributed by atoms with Gasteiger partial charge in [0.15, 0.2) is 0 Å². The Morgan fingerprint density at radius 3 is 1.32 bits per heavy atom. The van der Waals surface area contributed by atoms with Crippen LogP contribution in [0, 0.1) is 0 Å².